The zero-order valence-electron chi connectivity index (χ0n) is 30.6. The van der Waals surface area contributed by atoms with Gasteiger partial charge in [0, 0.05) is 18.7 Å². The standard InChI is InChI=1S/C43H49N3O7/c1-6-8-19-35(48)44-29(5)38(31-17-13-10-14-18-31)52-42(51)36-34-22-23-43(53-34)37(36)40(49)46(33(26-47)30-15-11-9-12-16-30)39(43)41(50)45(24-7-2)32-25-27(3)20-21-28(32)4/h6-7,9-18,20-21,25,29,33-34,36-39,47H,1-2,8,19,22-24,26H2,3-5H3,(H,44,48)/t29-,33+,34-,36+,37+,38-,39-,43+/m0/s1. The molecule has 8 atom stereocenters. The van der Waals surface area contributed by atoms with Crippen LogP contribution in [0.5, 0.6) is 0 Å². The van der Waals surface area contributed by atoms with Gasteiger partial charge < -0.3 is 29.7 Å². The molecular weight excluding hydrogens is 670 g/mol. The van der Waals surface area contributed by atoms with Gasteiger partial charge in [0.1, 0.15) is 17.7 Å². The Bertz CT molecular complexity index is 1850. The Balaban J connectivity index is 1.40. The summed E-state index contributed by atoms with van der Waals surface area (Å²) < 4.78 is 13.1. The molecule has 3 aliphatic rings. The van der Waals surface area contributed by atoms with E-state index in [9.17, 15) is 14.7 Å². The minimum Gasteiger partial charge on any atom is -0.455 e. The number of nitrogens with one attached hydrogen (secondary N) is 1. The van der Waals surface area contributed by atoms with Gasteiger partial charge in [0.2, 0.25) is 11.8 Å². The number of likely N-dealkylation sites (tertiary alicyclic amines) is 1. The van der Waals surface area contributed by atoms with Crippen molar-refractivity contribution in [2.24, 2.45) is 11.8 Å². The molecule has 10 heteroatoms. The fourth-order valence-corrected chi connectivity index (χ4v) is 8.54. The minimum absolute atomic E-state index is 0.168. The summed E-state index contributed by atoms with van der Waals surface area (Å²) in [5, 5.41) is 13.9. The van der Waals surface area contributed by atoms with Gasteiger partial charge in [0.25, 0.3) is 5.91 Å². The van der Waals surface area contributed by atoms with Crippen LogP contribution in [0.4, 0.5) is 5.69 Å². The SMILES string of the molecule is C=CCCC(=O)N[C@@H](C)[C@H](OC(=O)[C@@H]1[C@@H]2CC[C@]3(O2)[C@H](C(=O)N(CC=C)c2cc(C)ccc2C)N([C@H](CO)c2ccccc2)C(=O)[C@@H]13)c1ccccc1. The second-order valence-corrected chi connectivity index (χ2v) is 14.4. The lowest BCUT2D eigenvalue weighted by molar-refractivity contribution is -0.162. The molecule has 1 spiro atoms. The molecular formula is C43H49N3O7. The molecule has 53 heavy (non-hydrogen) atoms. The molecule has 0 unspecified atom stereocenters. The maximum Gasteiger partial charge on any atom is 0.313 e. The molecule has 3 aliphatic heterocycles. The Kier molecular flexibility index (Phi) is 11.3. The number of rotatable bonds is 15. The van der Waals surface area contributed by atoms with Crippen LogP contribution in [0.15, 0.2) is 104 Å². The van der Waals surface area contributed by atoms with Crippen LogP contribution in [0.1, 0.15) is 67.0 Å². The second kappa shape index (κ2) is 15.9. The first kappa shape index (κ1) is 37.7. The smallest absolute Gasteiger partial charge is 0.313 e. The van der Waals surface area contributed by atoms with E-state index in [2.05, 4.69) is 18.5 Å². The van der Waals surface area contributed by atoms with Crippen LogP contribution in [-0.2, 0) is 28.7 Å². The summed E-state index contributed by atoms with van der Waals surface area (Å²) >= 11 is 0. The number of carbonyl (C=O) groups excluding carboxylic acids is 4. The van der Waals surface area contributed by atoms with Gasteiger partial charge in [-0.15, -0.1) is 13.2 Å². The van der Waals surface area contributed by atoms with E-state index in [1.165, 1.54) is 4.90 Å². The van der Waals surface area contributed by atoms with Crippen molar-refractivity contribution in [3.8, 4) is 0 Å². The minimum atomic E-state index is -1.35. The van der Waals surface area contributed by atoms with Crippen molar-refractivity contribution in [2.75, 3.05) is 18.1 Å². The summed E-state index contributed by atoms with van der Waals surface area (Å²) in [4.78, 5) is 60.6. The van der Waals surface area contributed by atoms with Crippen LogP contribution in [0, 0.1) is 25.7 Å². The highest BCUT2D eigenvalue weighted by Crippen LogP contribution is 2.60. The molecule has 3 saturated heterocycles. The van der Waals surface area contributed by atoms with Gasteiger partial charge >= 0.3 is 5.97 Å². The molecule has 0 aliphatic carbocycles. The monoisotopic (exact) mass is 719 g/mol. The first-order valence-electron chi connectivity index (χ1n) is 18.4. The number of allylic oxidation sites excluding steroid dienone is 1. The number of amides is 3. The Labute approximate surface area is 311 Å². The molecule has 10 nitrogen and oxygen atoms in total. The number of esters is 1. The number of anilines is 1. The predicted octanol–water partition coefficient (Wildman–Crippen LogP) is 5.69. The number of fused-ring (bicyclic) bond motifs is 1. The summed E-state index contributed by atoms with van der Waals surface area (Å²) in [5.41, 5.74) is 2.49. The molecule has 0 aromatic heterocycles. The number of aliphatic hydroxyl groups is 1. The highest BCUT2D eigenvalue weighted by molar-refractivity contribution is 6.05. The summed E-state index contributed by atoms with van der Waals surface area (Å²) in [6.07, 6.45) is 3.33. The molecule has 3 fully saturated rings. The average Bonchev–Trinajstić information content (AvgIpc) is 3.81. The van der Waals surface area contributed by atoms with Crippen LogP contribution >= 0.6 is 0 Å². The topological polar surface area (TPSA) is 125 Å². The fraction of sp³-hybridized carbons (Fsp3) is 0.395. The number of ether oxygens (including phenoxy) is 2. The van der Waals surface area contributed by atoms with E-state index >= 15 is 9.59 Å². The van der Waals surface area contributed by atoms with Crippen LogP contribution in [0.2, 0.25) is 0 Å². The maximum absolute atomic E-state index is 15.2. The van der Waals surface area contributed by atoms with Crippen molar-refractivity contribution < 1.29 is 33.8 Å². The summed E-state index contributed by atoms with van der Waals surface area (Å²) in [6.45, 7) is 13.0. The number of hydrogen-bond donors (Lipinski definition) is 2. The third-order valence-corrected chi connectivity index (χ3v) is 11.0. The predicted molar refractivity (Wildman–Crippen MR) is 201 cm³/mol. The molecule has 3 aromatic rings. The van der Waals surface area contributed by atoms with E-state index < -0.39 is 66.3 Å². The highest BCUT2D eigenvalue weighted by Gasteiger charge is 2.76. The van der Waals surface area contributed by atoms with E-state index in [-0.39, 0.29) is 24.8 Å². The fourth-order valence-electron chi connectivity index (χ4n) is 8.54. The summed E-state index contributed by atoms with van der Waals surface area (Å²) in [7, 11) is 0. The van der Waals surface area contributed by atoms with Crippen molar-refractivity contribution in [2.45, 2.75) is 82.4 Å². The number of aryl methyl sites for hydroxylation is 2. The lowest BCUT2D eigenvalue weighted by Gasteiger charge is -2.39. The Morgan fingerprint density at radius 1 is 1.04 bits per heavy atom. The van der Waals surface area contributed by atoms with Crippen LogP contribution in [0.3, 0.4) is 0 Å². The summed E-state index contributed by atoms with van der Waals surface area (Å²) in [5.74, 6) is -3.73. The van der Waals surface area contributed by atoms with Crippen molar-refractivity contribution in [1.29, 1.82) is 0 Å². The van der Waals surface area contributed by atoms with Crippen molar-refractivity contribution in [3.63, 3.8) is 0 Å². The zero-order valence-corrected chi connectivity index (χ0v) is 30.6. The number of carbonyl (C=O) groups is 4. The van der Waals surface area contributed by atoms with E-state index in [1.54, 1.807) is 24.0 Å². The largest absolute Gasteiger partial charge is 0.455 e. The maximum atomic E-state index is 15.2. The number of nitrogens with zero attached hydrogens (tertiary/aromatic N) is 2. The first-order valence-corrected chi connectivity index (χ1v) is 18.4. The van der Waals surface area contributed by atoms with Crippen molar-refractivity contribution in [1.82, 2.24) is 10.2 Å². The highest BCUT2D eigenvalue weighted by atomic mass is 16.6. The molecule has 3 heterocycles. The van der Waals surface area contributed by atoms with E-state index in [0.717, 1.165) is 11.1 Å². The molecule has 2 bridgehead atoms. The lowest BCUT2D eigenvalue weighted by Crippen LogP contribution is -2.57. The number of aliphatic hydroxyl groups excluding tert-OH is 1. The van der Waals surface area contributed by atoms with Gasteiger partial charge in [-0.1, -0.05) is 84.9 Å². The van der Waals surface area contributed by atoms with Crippen LogP contribution in [0.25, 0.3) is 0 Å². The zero-order chi connectivity index (χ0) is 37.9. The average molecular weight is 720 g/mol. The molecule has 0 saturated carbocycles. The van der Waals surface area contributed by atoms with E-state index in [1.807, 2.05) is 92.7 Å². The van der Waals surface area contributed by atoms with Gasteiger partial charge in [0.05, 0.1) is 36.6 Å². The quantitative estimate of drug-likeness (QED) is 0.153. The number of benzene rings is 3. The van der Waals surface area contributed by atoms with Crippen LogP contribution < -0.4 is 10.2 Å². The molecule has 3 amide bonds. The molecule has 3 aromatic carbocycles. The third kappa shape index (κ3) is 7.05. The van der Waals surface area contributed by atoms with Gasteiger partial charge in [-0.2, -0.15) is 0 Å². The number of hydrogen-bond acceptors (Lipinski definition) is 7. The van der Waals surface area contributed by atoms with Gasteiger partial charge in [-0.25, -0.2) is 0 Å². The normalized spacial score (nSPS) is 24.5. The molecule has 6 rings (SSSR count). The second-order valence-electron chi connectivity index (χ2n) is 14.4. The molecule has 278 valence electrons. The van der Waals surface area contributed by atoms with Crippen molar-refractivity contribution in [3.05, 3.63) is 126 Å². The lowest BCUT2D eigenvalue weighted by atomic mass is 9.70. The van der Waals surface area contributed by atoms with Crippen molar-refractivity contribution >= 4 is 29.4 Å². The Morgan fingerprint density at radius 2 is 1.72 bits per heavy atom. The summed E-state index contributed by atoms with van der Waals surface area (Å²) in [6, 6.07) is 21.5. The van der Waals surface area contributed by atoms with Gasteiger partial charge in [0.15, 0.2) is 0 Å². The van der Waals surface area contributed by atoms with Gasteiger partial charge in [-0.05, 0) is 68.4 Å². The molecule has 0 radical (unpaired) electrons. The molecule has 2 N–H and O–H groups in total. The van der Waals surface area contributed by atoms with Gasteiger partial charge in [-0.3, -0.25) is 19.2 Å². The Morgan fingerprint density at radius 3 is 2.36 bits per heavy atom. The first-order chi connectivity index (χ1) is 25.6. The Hall–Kier alpha value is -5.06. The van der Waals surface area contributed by atoms with E-state index in [0.29, 0.717) is 36.1 Å². The van der Waals surface area contributed by atoms with E-state index in [4.69, 9.17) is 9.47 Å². The van der Waals surface area contributed by atoms with Crippen LogP contribution in [-0.4, -0.2) is 70.6 Å². The third-order valence-electron chi connectivity index (χ3n) is 11.0.